The zero-order valence-corrected chi connectivity index (χ0v) is 18.8. The highest BCUT2D eigenvalue weighted by Gasteiger charge is 2.44. The largest absolute Gasteiger partial charge is 0.384 e. The van der Waals surface area contributed by atoms with Gasteiger partial charge in [-0.15, -0.1) is 0 Å². The molecule has 3 N–H and O–H groups in total. The first-order valence-corrected chi connectivity index (χ1v) is 11.4. The van der Waals surface area contributed by atoms with Gasteiger partial charge < -0.3 is 16.0 Å². The molecule has 1 aromatic carbocycles. The van der Waals surface area contributed by atoms with Crippen LogP contribution in [-0.4, -0.2) is 57.7 Å². The van der Waals surface area contributed by atoms with Gasteiger partial charge in [0.2, 0.25) is 5.91 Å². The van der Waals surface area contributed by atoms with Crippen LogP contribution >= 0.6 is 12.6 Å². The molecular formula is C23H29F2N5OS. The Bertz CT molecular complexity index is 949. The molecule has 9 heteroatoms. The van der Waals surface area contributed by atoms with Crippen LogP contribution in [0.1, 0.15) is 30.4 Å². The molecule has 1 unspecified atom stereocenters. The van der Waals surface area contributed by atoms with Gasteiger partial charge in [-0.1, -0.05) is 6.07 Å². The Morgan fingerprint density at radius 1 is 1.22 bits per heavy atom. The maximum atomic E-state index is 13.8. The van der Waals surface area contributed by atoms with Crippen LogP contribution in [0.15, 0.2) is 36.5 Å². The Morgan fingerprint density at radius 2 is 1.94 bits per heavy atom. The first-order chi connectivity index (χ1) is 15.3. The number of pyridine rings is 1. The third-order valence-electron chi connectivity index (χ3n) is 6.39. The summed E-state index contributed by atoms with van der Waals surface area (Å²) in [4.78, 5) is 21.3. The number of hydrogen-bond donors (Lipinski definition) is 3. The minimum Gasteiger partial charge on any atom is -0.384 e. The van der Waals surface area contributed by atoms with Crippen LogP contribution in [0.25, 0.3) is 0 Å². The zero-order valence-electron chi connectivity index (χ0n) is 17.9. The van der Waals surface area contributed by atoms with Crippen molar-refractivity contribution >= 4 is 24.4 Å². The molecule has 1 aromatic heterocycles. The maximum Gasteiger partial charge on any atom is 0.239 e. The molecule has 2 fully saturated rings. The summed E-state index contributed by atoms with van der Waals surface area (Å²) in [6, 6.07) is 7.80. The standard InChI is InChI=1S/C23H29F2N5OS/c24-19-2-1-3-20(25)18(19)13-28-17-5-9-30(10-6-17)22(31)23(32)7-11-29(15-23)14-16-4-8-27-21(26)12-16/h1-4,8,12,17,28,32H,5-7,9-11,13-15H2,(H2,26,27). The van der Waals surface area contributed by atoms with Crippen LogP contribution in [-0.2, 0) is 17.9 Å². The molecule has 2 aromatic rings. The number of carbonyl (C=O) groups excluding carboxylic acids is 1. The number of anilines is 1. The van der Waals surface area contributed by atoms with Crippen LogP contribution in [0.4, 0.5) is 14.6 Å². The van der Waals surface area contributed by atoms with E-state index in [1.54, 1.807) is 6.20 Å². The quantitative estimate of drug-likeness (QED) is 0.577. The monoisotopic (exact) mass is 461 g/mol. The zero-order chi connectivity index (χ0) is 22.7. The molecule has 0 aliphatic carbocycles. The smallest absolute Gasteiger partial charge is 0.239 e. The Hall–Kier alpha value is -2.23. The second-order valence-electron chi connectivity index (χ2n) is 8.73. The van der Waals surface area contributed by atoms with Crippen molar-refractivity contribution in [1.82, 2.24) is 20.1 Å². The summed E-state index contributed by atoms with van der Waals surface area (Å²) >= 11 is 4.80. The van der Waals surface area contributed by atoms with Crippen LogP contribution in [0.5, 0.6) is 0 Å². The third kappa shape index (κ3) is 5.22. The highest BCUT2D eigenvalue weighted by Crippen LogP contribution is 2.32. The average molecular weight is 462 g/mol. The van der Waals surface area contributed by atoms with Crippen molar-refractivity contribution in [3.63, 3.8) is 0 Å². The molecular weight excluding hydrogens is 432 g/mol. The highest BCUT2D eigenvalue weighted by atomic mass is 32.1. The molecule has 32 heavy (non-hydrogen) atoms. The molecule has 1 amide bonds. The molecule has 1 atom stereocenters. The van der Waals surface area contributed by atoms with Crippen LogP contribution < -0.4 is 11.1 Å². The lowest BCUT2D eigenvalue weighted by Gasteiger charge is -2.37. The van der Waals surface area contributed by atoms with Gasteiger partial charge in [0.15, 0.2) is 0 Å². The molecule has 2 aliphatic rings. The van der Waals surface area contributed by atoms with Crippen molar-refractivity contribution < 1.29 is 13.6 Å². The first-order valence-electron chi connectivity index (χ1n) is 10.9. The van der Waals surface area contributed by atoms with Crippen molar-refractivity contribution in [2.24, 2.45) is 0 Å². The van der Waals surface area contributed by atoms with Gasteiger partial charge in [-0.25, -0.2) is 13.8 Å². The topological polar surface area (TPSA) is 74.5 Å². The molecule has 2 aliphatic heterocycles. The number of hydrogen-bond acceptors (Lipinski definition) is 6. The fourth-order valence-electron chi connectivity index (χ4n) is 4.56. The Balaban J connectivity index is 1.26. The molecule has 0 spiro atoms. The molecule has 172 valence electrons. The normalized spacial score (nSPS) is 22.4. The lowest BCUT2D eigenvalue weighted by atomic mass is 10.0. The van der Waals surface area contributed by atoms with Gasteiger partial charge in [0.05, 0.1) is 0 Å². The summed E-state index contributed by atoms with van der Waals surface area (Å²) in [5, 5.41) is 3.24. The number of nitrogens with two attached hydrogens (primary N) is 1. The molecule has 0 saturated carbocycles. The predicted molar refractivity (Wildman–Crippen MR) is 123 cm³/mol. The minimum absolute atomic E-state index is 0.0577. The maximum absolute atomic E-state index is 13.8. The van der Waals surface area contributed by atoms with Crippen molar-refractivity contribution in [3.05, 3.63) is 59.3 Å². The average Bonchev–Trinajstić information content (AvgIpc) is 3.15. The van der Waals surface area contributed by atoms with Gasteiger partial charge >= 0.3 is 0 Å². The SMILES string of the molecule is Nc1cc(CN2CCC(S)(C(=O)N3CCC(NCc4c(F)cccc4F)CC3)C2)ccn1. The molecule has 4 rings (SSSR count). The van der Waals surface area contributed by atoms with E-state index < -0.39 is 16.4 Å². The number of rotatable bonds is 6. The summed E-state index contributed by atoms with van der Waals surface area (Å²) in [6.07, 6.45) is 3.87. The van der Waals surface area contributed by atoms with Crippen molar-refractivity contribution in [2.45, 2.75) is 43.1 Å². The molecule has 0 radical (unpaired) electrons. The number of halogens is 2. The molecule has 6 nitrogen and oxygen atoms in total. The van der Waals surface area contributed by atoms with E-state index in [0.29, 0.717) is 38.4 Å². The number of amides is 1. The van der Waals surface area contributed by atoms with E-state index in [9.17, 15) is 13.6 Å². The van der Waals surface area contributed by atoms with E-state index in [1.807, 2.05) is 17.0 Å². The van der Waals surface area contributed by atoms with Crippen molar-refractivity contribution in [2.75, 3.05) is 31.9 Å². The molecule has 0 bridgehead atoms. The van der Waals surface area contributed by atoms with Gasteiger partial charge in [0, 0.05) is 57.1 Å². The van der Waals surface area contributed by atoms with Gasteiger partial charge in [-0.2, -0.15) is 12.6 Å². The van der Waals surface area contributed by atoms with E-state index in [0.717, 1.165) is 24.9 Å². The summed E-state index contributed by atoms with van der Waals surface area (Å²) in [7, 11) is 0. The van der Waals surface area contributed by atoms with Crippen LogP contribution in [0.2, 0.25) is 0 Å². The predicted octanol–water partition coefficient (Wildman–Crippen LogP) is 2.60. The summed E-state index contributed by atoms with van der Waals surface area (Å²) in [6.45, 7) is 3.45. The highest BCUT2D eigenvalue weighted by molar-refractivity contribution is 7.82. The Labute approximate surface area is 192 Å². The summed E-state index contributed by atoms with van der Waals surface area (Å²) in [5.41, 5.74) is 6.89. The Kier molecular flexibility index (Phi) is 6.97. The van der Waals surface area contributed by atoms with Gasteiger partial charge in [0.25, 0.3) is 0 Å². The summed E-state index contributed by atoms with van der Waals surface area (Å²) in [5.74, 6) is -0.523. The number of benzene rings is 1. The van der Waals surface area contributed by atoms with Crippen molar-refractivity contribution in [1.29, 1.82) is 0 Å². The number of likely N-dealkylation sites (tertiary alicyclic amines) is 2. The van der Waals surface area contributed by atoms with E-state index in [1.165, 1.54) is 18.2 Å². The Morgan fingerprint density at radius 3 is 2.62 bits per heavy atom. The van der Waals surface area contributed by atoms with E-state index in [-0.39, 0.29) is 24.1 Å². The van der Waals surface area contributed by atoms with E-state index in [4.69, 9.17) is 18.4 Å². The number of nitrogens with one attached hydrogen (secondary N) is 1. The molecule has 3 heterocycles. The second-order valence-corrected chi connectivity index (χ2v) is 9.58. The number of piperidine rings is 1. The van der Waals surface area contributed by atoms with Gasteiger partial charge in [-0.05, 0) is 49.1 Å². The first kappa shape index (κ1) is 22.9. The number of carbonyl (C=O) groups is 1. The number of nitrogen functional groups attached to an aromatic ring is 1. The lowest BCUT2D eigenvalue weighted by molar-refractivity contribution is -0.134. The number of nitrogens with zero attached hydrogens (tertiary/aromatic N) is 3. The van der Waals surface area contributed by atoms with E-state index >= 15 is 0 Å². The van der Waals surface area contributed by atoms with Crippen LogP contribution in [0.3, 0.4) is 0 Å². The van der Waals surface area contributed by atoms with Gasteiger partial charge in [-0.3, -0.25) is 9.69 Å². The lowest BCUT2D eigenvalue weighted by Crippen LogP contribution is -2.52. The fourth-order valence-corrected chi connectivity index (χ4v) is 5.00. The fraction of sp³-hybridized carbons (Fsp3) is 0.478. The molecule has 2 saturated heterocycles. The van der Waals surface area contributed by atoms with E-state index in [2.05, 4.69) is 15.2 Å². The number of thiol groups is 1. The van der Waals surface area contributed by atoms with Crippen molar-refractivity contribution in [3.8, 4) is 0 Å². The second kappa shape index (κ2) is 9.72. The van der Waals surface area contributed by atoms with Crippen LogP contribution in [0, 0.1) is 11.6 Å². The minimum atomic E-state index is -0.699. The third-order valence-corrected chi connectivity index (χ3v) is 6.94. The van der Waals surface area contributed by atoms with Gasteiger partial charge in [0.1, 0.15) is 22.2 Å². The summed E-state index contributed by atoms with van der Waals surface area (Å²) < 4.78 is 26.9. The number of aromatic nitrogens is 1.